The first-order valence-corrected chi connectivity index (χ1v) is 9.67. The van der Waals surface area contributed by atoms with Gasteiger partial charge in [-0.25, -0.2) is 13.1 Å². The Balaban J connectivity index is 1.74. The Morgan fingerprint density at radius 2 is 1.88 bits per heavy atom. The van der Waals surface area contributed by atoms with Crippen LogP contribution in [0.25, 0.3) is 11.1 Å². The maximum atomic E-state index is 11.4. The Labute approximate surface area is 147 Å². The molecule has 2 unspecified atom stereocenters. The van der Waals surface area contributed by atoms with Crippen molar-refractivity contribution >= 4 is 10.0 Å². The van der Waals surface area contributed by atoms with Gasteiger partial charge in [-0.3, -0.25) is 0 Å². The second-order valence-electron chi connectivity index (χ2n) is 5.87. The molecular weight excluding hydrogens is 340 g/mol. The molecule has 2 aromatic carbocycles. The van der Waals surface area contributed by atoms with Crippen molar-refractivity contribution in [3.63, 3.8) is 0 Å². The van der Waals surface area contributed by atoms with Crippen LogP contribution in [0.1, 0.15) is 5.56 Å². The molecule has 6 nitrogen and oxygen atoms in total. The van der Waals surface area contributed by atoms with Crippen molar-refractivity contribution in [2.45, 2.75) is 12.1 Å². The van der Waals surface area contributed by atoms with Crippen LogP contribution in [0.2, 0.25) is 0 Å². The van der Waals surface area contributed by atoms with Crippen molar-refractivity contribution in [2.75, 3.05) is 19.5 Å². The second kappa shape index (κ2) is 7.23. The summed E-state index contributed by atoms with van der Waals surface area (Å²) in [6.07, 6.45) is 0.732. The highest BCUT2D eigenvalue weighted by atomic mass is 32.2. The van der Waals surface area contributed by atoms with Gasteiger partial charge in [0.1, 0.15) is 11.9 Å². The van der Waals surface area contributed by atoms with Gasteiger partial charge in [0.2, 0.25) is 10.0 Å². The smallest absolute Gasteiger partial charge is 0.209 e. The number of sulfonamides is 1. The third-order valence-corrected chi connectivity index (χ3v) is 4.62. The normalized spacial score (nSPS) is 20.2. The van der Waals surface area contributed by atoms with E-state index < -0.39 is 16.1 Å². The van der Waals surface area contributed by atoms with E-state index in [1.807, 2.05) is 30.3 Å². The molecule has 1 aliphatic rings. The lowest BCUT2D eigenvalue weighted by Crippen LogP contribution is -2.44. The van der Waals surface area contributed by atoms with E-state index in [4.69, 9.17) is 9.47 Å². The largest absolute Gasteiger partial charge is 0.486 e. The van der Waals surface area contributed by atoms with Gasteiger partial charge in [-0.1, -0.05) is 30.3 Å². The first-order valence-electron chi connectivity index (χ1n) is 7.77. The van der Waals surface area contributed by atoms with Gasteiger partial charge in [-0.2, -0.15) is 5.26 Å². The number of ether oxygens (including phenoxy) is 2. The van der Waals surface area contributed by atoms with Crippen molar-refractivity contribution in [3.05, 3.63) is 54.1 Å². The lowest BCUT2D eigenvalue weighted by Gasteiger charge is -2.19. The molecule has 7 heteroatoms. The van der Waals surface area contributed by atoms with E-state index in [-0.39, 0.29) is 12.7 Å². The predicted molar refractivity (Wildman–Crippen MR) is 93.6 cm³/mol. The average molecular weight is 358 g/mol. The summed E-state index contributed by atoms with van der Waals surface area (Å²) >= 11 is 0. The Hall–Kier alpha value is -2.40. The first kappa shape index (κ1) is 17.4. The van der Waals surface area contributed by atoms with Crippen molar-refractivity contribution in [3.8, 4) is 22.9 Å². The monoisotopic (exact) mass is 358 g/mol. The molecule has 0 aromatic heterocycles. The van der Waals surface area contributed by atoms with Crippen molar-refractivity contribution in [1.29, 1.82) is 5.26 Å². The van der Waals surface area contributed by atoms with E-state index in [2.05, 4.69) is 10.8 Å². The summed E-state index contributed by atoms with van der Waals surface area (Å²) in [4.78, 5) is 0. The van der Waals surface area contributed by atoms with Gasteiger partial charge in [0.15, 0.2) is 0 Å². The molecule has 1 saturated heterocycles. The van der Waals surface area contributed by atoms with Crippen LogP contribution in [0.15, 0.2) is 48.5 Å². The quantitative estimate of drug-likeness (QED) is 0.882. The lowest BCUT2D eigenvalue weighted by molar-refractivity contribution is 0.140. The molecule has 0 aliphatic carbocycles. The van der Waals surface area contributed by atoms with E-state index in [1.54, 1.807) is 18.2 Å². The fourth-order valence-electron chi connectivity index (χ4n) is 2.76. The van der Waals surface area contributed by atoms with E-state index in [0.717, 1.165) is 17.4 Å². The number of hydrogen-bond donors (Lipinski definition) is 1. The van der Waals surface area contributed by atoms with Crippen LogP contribution < -0.4 is 9.46 Å². The van der Waals surface area contributed by atoms with Gasteiger partial charge < -0.3 is 9.47 Å². The first-order chi connectivity index (χ1) is 12.0. The van der Waals surface area contributed by atoms with Crippen molar-refractivity contribution in [1.82, 2.24) is 4.72 Å². The van der Waals surface area contributed by atoms with Gasteiger partial charge in [-0.05, 0) is 29.3 Å². The summed E-state index contributed by atoms with van der Waals surface area (Å²) in [5.74, 6) is 0.619. The molecule has 1 aliphatic heterocycles. The third kappa shape index (κ3) is 4.37. The molecule has 3 rings (SSSR count). The van der Waals surface area contributed by atoms with Crippen LogP contribution in [0.5, 0.6) is 5.75 Å². The Kier molecular flexibility index (Phi) is 5.04. The average Bonchev–Trinajstić information content (AvgIpc) is 3.00. The number of rotatable bonds is 5. The fraction of sp³-hybridized carbons (Fsp3) is 0.278. The topological polar surface area (TPSA) is 88.4 Å². The minimum atomic E-state index is -3.32. The summed E-state index contributed by atoms with van der Waals surface area (Å²) in [6, 6.07) is 16.5. The van der Waals surface area contributed by atoms with E-state index in [0.29, 0.717) is 17.9 Å². The Morgan fingerprint density at radius 3 is 2.56 bits per heavy atom. The van der Waals surface area contributed by atoms with Crippen LogP contribution in [0.4, 0.5) is 0 Å². The number of nitriles is 1. The molecule has 0 saturated carbocycles. The number of nitrogens with one attached hydrogen (secondary N) is 1. The van der Waals surface area contributed by atoms with Crippen LogP contribution >= 0.6 is 0 Å². The van der Waals surface area contributed by atoms with Crippen molar-refractivity contribution in [2.24, 2.45) is 0 Å². The maximum absolute atomic E-state index is 11.4. The molecule has 0 bridgehead atoms. The molecule has 0 amide bonds. The summed E-state index contributed by atoms with van der Waals surface area (Å²) < 4.78 is 36.5. The molecule has 1 N–H and O–H groups in total. The lowest BCUT2D eigenvalue weighted by atomic mass is 10.0. The Morgan fingerprint density at radius 1 is 1.16 bits per heavy atom. The fourth-order valence-corrected chi connectivity index (χ4v) is 3.53. The molecule has 2 aromatic rings. The number of benzene rings is 2. The molecule has 130 valence electrons. The predicted octanol–water partition coefficient (Wildman–Crippen LogP) is 1.92. The molecule has 25 heavy (non-hydrogen) atoms. The van der Waals surface area contributed by atoms with E-state index in [1.165, 1.54) is 0 Å². The summed E-state index contributed by atoms with van der Waals surface area (Å²) in [5, 5.41) is 9.20. The van der Waals surface area contributed by atoms with Crippen LogP contribution in [0, 0.1) is 11.3 Å². The van der Waals surface area contributed by atoms with Gasteiger partial charge in [0.25, 0.3) is 0 Å². The summed E-state index contributed by atoms with van der Waals surface area (Å²) in [5.41, 5.74) is 2.38. The minimum absolute atomic E-state index is 0.283. The van der Waals surface area contributed by atoms with Gasteiger partial charge in [-0.15, -0.1) is 0 Å². The molecule has 0 radical (unpaired) electrons. The van der Waals surface area contributed by atoms with Gasteiger partial charge >= 0.3 is 0 Å². The zero-order valence-electron chi connectivity index (χ0n) is 13.7. The molecular formula is C18H18N2O4S. The summed E-state index contributed by atoms with van der Waals surface area (Å²) in [7, 11) is -3.32. The van der Waals surface area contributed by atoms with Gasteiger partial charge in [0, 0.05) is 0 Å². The number of hydrogen-bond acceptors (Lipinski definition) is 5. The molecule has 1 fully saturated rings. The highest BCUT2D eigenvalue weighted by molar-refractivity contribution is 7.88. The highest BCUT2D eigenvalue weighted by Gasteiger charge is 2.32. The SMILES string of the molecule is CS(=O)(=O)NC1COCC1Oc1ccc(-c2ccccc2C#N)cc1. The molecule has 1 heterocycles. The second-order valence-corrected chi connectivity index (χ2v) is 7.65. The summed E-state index contributed by atoms with van der Waals surface area (Å²) in [6.45, 7) is 0.609. The van der Waals surface area contributed by atoms with E-state index in [9.17, 15) is 13.7 Å². The standard InChI is InChI=1S/C18H18N2O4S/c1-25(21,22)20-17-11-23-12-18(17)24-15-8-6-13(7-9-15)16-5-3-2-4-14(16)10-19/h2-9,17-18,20H,11-12H2,1H3. The highest BCUT2D eigenvalue weighted by Crippen LogP contribution is 2.26. The van der Waals surface area contributed by atoms with Crippen molar-refractivity contribution < 1.29 is 17.9 Å². The zero-order valence-corrected chi connectivity index (χ0v) is 14.5. The van der Waals surface area contributed by atoms with E-state index >= 15 is 0 Å². The maximum Gasteiger partial charge on any atom is 0.209 e. The Bertz CT molecular complexity index is 888. The van der Waals surface area contributed by atoms with Crippen LogP contribution in [-0.2, 0) is 14.8 Å². The van der Waals surface area contributed by atoms with Crippen LogP contribution in [-0.4, -0.2) is 40.0 Å². The number of nitrogens with zero attached hydrogens (tertiary/aromatic N) is 1. The molecule has 0 spiro atoms. The third-order valence-electron chi connectivity index (χ3n) is 3.89. The zero-order chi connectivity index (χ0) is 17.9. The molecule has 2 atom stereocenters. The minimum Gasteiger partial charge on any atom is -0.486 e. The van der Waals surface area contributed by atoms with Gasteiger partial charge in [0.05, 0.1) is 37.1 Å². The van der Waals surface area contributed by atoms with Crippen LogP contribution in [0.3, 0.4) is 0 Å².